The van der Waals surface area contributed by atoms with E-state index in [-0.39, 0.29) is 12.0 Å². The van der Waals surface area contributed by atoms with Crippen molar-refractivity contribution in [1.29, 1.82) is 0 Å². The molecular weight excluding hydrogens is 212 g/mol. The van der Waals surface area contributed by atoms with Gasteiger partial charge in [-0.15, -0.1) is 11.3 Å². The molecule has 0 radical (unpaired) electrons. The first-order valence-corrected chi connectivity index (χ1v) is 5.71. The summed E-state index contributed by atoms with van der Waals surface area (Å²) in [6, 6.07) is 0.222. The normalized spacial score (nSPS) is 15.2. The topological polar surface area (TPSA) is 53.4 Å². The summed E-state index contributed by atoms with van der Waals surface area (Å²) in [5, 5.41) is 8.81. The maximum absolute atomic E-state index is 10.7. The van der Waals surface area contributed by atoms with Gasteiger partial charge in [-0.3, -0.25) is 14.7 Å². The second kappa shape index (κ2) is 5.23. The smallest absolute Gasteiger partial charge is 0.307 e. The minimum atomic E-state index is -0.752. The second-order valence-electron chi connectivity index (χ2n) is 3.76. The monoisotopic (exact) mass is 228 g/mol. The fourth-order valence-electron chi connectivity index (χ4n) is 1.32. The lowest BCUT2D eigenvalue weighted by Gasteiger charge is -2.24. The Balaban J connectivity index is 2.54. The molecule has 15 heavy (non-hydrogen) atoms. The molecule has 0 fully saturated rings. The third-order valence-electron chi connectivity index (χ3n) is 2.51. The highest BCUT2D eigenvalue weighted by atomic mass is 32.1. The molecule has 1 rings (SSSR count). The number of hydrogen-bond acceptors (Lipinski definition) is 4. The number of carboxylic acids is 1. The number of hydrogen-bond donors (Lipinski definition) is 1. The predicted molar refractivity (Wildman–Crippen MR) is 60.0 cm³/mol. The van der Waals surface area contributed by atoms with E-state index >= 15 is 0 Å². The zero-order valence-electron chi connectivity index (χ0n) is 9.17. The van der Waals surface area contributed by atoms with Gasteiger partial charge in [-0.05, 0) is 14.0 Å². The largest absolute Gasteiger partial charge is 0.481 e. The van der Waals surface area contributed by atoms with Gasteiger partial charge in [0.25, 0.3) is 0 Å². The van der Waals surface area contributed by atoms with Crippen LogP contribution in [0.1, 0.15) is 24.8 Å². The van der Waals surface area contributed by atoms with Crippen LogP contribution in [0.2, 0.25) is 0 Å². The maximum Gasteiger partial charge on any atom is 0.307 e. The van der Waals surface area contributed by atoms with Crippen LogP contribution < -0.4 is 0 Å². The lowest BCUT2D eigenvalue weighted by molar-refractivity contribution is -0.141. The van der Waals surface area contributed by atoms with Gasteiger partial charge < -0.3 is 5.11 Å². The third kappa shape index (κ3) is 3.28. The van der Waals surface area contributed by atoms with Crippen LogP contribution in [0.15, 0.2) is 11.7 Å². The standard InChI is InChI=1S/C10H16N2O2S/c1-7(10(13)14)5-12(3)8(2)9-4-11-6-15-9/h4,6-8H,5H2,1-3H3,(H,13,14). The Kier molecular flexibility index (Phi) is 4.23. The maximum atomic E-state index is 10.7. The van der Waals surface area contributed by atoms with E-state index in [9.17, 15) is 4.79 Å². The van der Waals surface area contributed by atoms with E-state index in [1.54, 1.807) is 23.8 Å². The second-order valence-corrected chi connectivity index (χ2v) is 4.68. The van der Waals surface area contributed by atoms with Gasteiger partial charge in [-0.25, -0.2) is 0 Å². The van der Waals surface area contributed by atoms with Crippen molar-refractivity contribution in [1.82, 2.24) is 9.88 Å². The number of nitrogens with zero attached hydrogens (tertiary/aromatic N) is 2. The summed E-state index contributed by atoms with van der Waals surface area (Å²) in [4.78, 5) is 17.9. The van der Waals surface area contributed by atoms with E-state index in [0.717, 1.165) is 4.88 Å². The first-order valence-electron chi connectivity index (χ1n) is 4.83. The molecule has 0 amide bonds. The van der Waals surface area contributed by atoms with Crippen molar-refractivity contribution in [2.24, 2.45) is 5.92 Å². The highest BCUT2D eigenvalue weighted by Crippen LogP contribution is 2.22. The lowest BCUT2D eigenvalue weighted by atomic mass is 10.1. The minimum Gasteiger partial charge on any atom is -0.481 e. The summed E-state index contributed by atoms with van der Waals surface area (Å²) in [6.07, 6.45) is 1.83. The van der Waals surface area contributed by atoms with Gasteiger partial charge in [0.05, 0.1) is 11.4 Å². The molecule has 0 bridgehead atoms. The zero-order valence-corrected chi connectivity index (χ0v) is 9.99. The van der Waals surface area contributed by atoms with Crippen molar-refractivity contribution in [3.05, 3.63) is 16.6 Å². The van der Waals surface area contributed by atoms with Gasteiger partial charge >= 0.3 is 5.97 Å². The average Bonchev–Trinajstić information content (AvgIpc) is 2.68. The molecule has 2 atom stereocenters. The molecular formula is C10H16N2O2S. The van der Waals surface area contributed by atoms with Crippen molar-refractivity contribution in [2.75, 3.05) is 13.6 Å². The van der Waals surface area contributed by atoms with Crippen LogP contribution in [0.25, 0.3) is 0 Å². The number of carbonyl (C=O) groups is 1. The Bertz CT molecular complexity index is 313. The summed E-state index contributed by atoms with van der Waals surface area (Å²) in [7, 11) is 1.93. The molecule has 1 heterocycles. The van der Waals surface area contributed by atoms with Crippen LogP contribution in [0.5, 0.6) is 0 Å². The number of rotatable bonds is 5. The van der Waals surface area contributed by atoms with Crippen molar-refractivity contribution < 1.29 is 9.90 Å². The lowest BCUT2D eigenvalue weighted by Crippen LogP contribution is -2.30. The Morgan fingerprint density at radius 2 is 2.33 bits per heavy atom. The van der Waals surface area contributed by atoms with Gasteiger partial charge in [-0.2, -0.15) is 0 Å². The number of thiazole rings is 1. The van der Waals surface area contributed by atoms with Gasteiger partial charge in [0, 0.05) is 23.7 Å². The van der Waals surface area contributed by atoms with Gasteiger partial charge in [0.2, 0.25) is 0 Å². The summed E-state index contributed by atoms with van der Waals surface area (Å²) in [6.45, 7) is 4.33. The van der Waals surface area contributed by atoms with E-state index in [4.69, 9.17) is 5.11 Å². The van der Waals surface area contributed by atoms with Crippen LogP contribution in [0.3, 0.4) is 0 Å². The molecule has 1 N–H and O–H groups in total. The Morgan fingerprint density at radius 3 is 2.80 bits per heavy atom. The summed E-state index contributed by atoms with van der Waals surface area (Å²) >= 11 is 1.59. The Labute approximate surface area is 93.6 Å². The summed E-state index contributed by atoms with van der Waals surface area (Å²) in [5.74, 6) is -1.09. The molecule has 0 aliphatic heterocycles. The van der Waals surface area contributed by atoms with E-state index in [1.165, 1.54) is 0 Å². The third-order valence-corrected chi connectivity index (χ3v) is 3.45. The molecule has 1 aromatic heterocycles. The number of aliphatic carboxylic acids is 1. The van der Waals surface area contributed by atoms with Crippen LogP contribution in [-0.4, -0.2) is 34.6 Å². The first kappa shape index (κ1) is 12.1. The SMILES string of the molecule is CC(CN(C)C(C)c1cncs1)C(=O)O. The highest BCUT2D eigenvalue weighted by Gasteiger charge is 2.18. The number of carboxylic acid groups (broad SMARTS) is 1. The van der Waals surface area contributed by atoms with Crippen molar-refractivity contribution in [3.8, 4) is 0 Å². The molecule has 0 spiro atoms. The van der Waals surface area contributed by atoms with Crippen LogP contribution >= 0.6 is 11.3 Å². The fourth-order valence-corrected chi connectivity index (χ4v) is 2.06. The quantitative estimate of drug-likeness (QED) is 0.835. The molecule has 0 saturated heterocycles. The molecule has 0 aromatic carbocycles. The molecule has 2 unspecified atom stereocenters. The van der Waals surface area contributed by atoms with Crippen LogP contribution in [0.4, 0.5) is 0 Å². The van der Waals surface area contributed by atoms with E-state index in [1.807, 2.05) is 18.1 Å². The summed E-state index contributed by atoms with van der Waals surface area (Å²) < 4.78 is 0. The molecule has 0 aliphatic carbocycles. The Hall–Kier alpha value is -0.940. The van der Waals surface area contributed by atoms with E-state index < -0.39 is 5.97 Å². The van der Waals surface area contributed by atoms with Crippen LogP contribution in [0, 0.1) is 5.92 Å². The van der Waals surface area contributed by atoms with Crippen LogP contribution in [-0.2, 0) is 4.79 Å². The summed E-state index contributed by atoms with van der Waals surface area (Å²) in [5.41, 5.74) is 1.79. The first-order chi connectivity index (χ1) is 7.02. The van der Waals surface area contributed by atoms with E-state index in [0.29, 0.717) is 6.54 Å². The van der Waals surface area contributed by atoms with E-state index in [2.05, 4.69) is 11.9 Å². The van der Waals surface area contributed by atoms with Crippen molar-refractivity contribution >= 4 is 17.3 Å². The van der Waals surface area contributed by atoms with Gasteiger partial charge in [0.15, 0.2) is 0 Å². The molecule has 5 heteroatoms. The zero-order chi connectivity index (χ0) is 11.4. The molecule has 1 aromatic rings. The fraction of sp³-hybridized carbons (Fsp3) is 0.600. The molecule has 0 saturated carbocycles. The van der Waals surface area contributed by atoms with Gasteiger partial charge in [-0.1, -0.05) is 6.92 Å². The van der Waals surface area contributed by atoms with Crippen molar-refractivity contribution in [2.45, 2.75) is 19.9 Å². The number of aromatic nitrogens is 1. The van der Waals surface area contributed by atoms with Gasteiger partial charge in [0.1, 0.15) is 0 Å². The molecule has 0 aliphatic rings. The average molecular weight is 228 g/mol. The van der Waals surface area contributed by atoms with Crippen molar-refractivity contribution in [3.63, 3.8) is 0 Å². The molecule has 4 nitrogen and oxygen atoms in total. The molecule has 84 valence electrons. The Morgan fingerprint density at radius 1 is 1.67 bits per heavy atom. The highest BCUT2D eigenvalue weighted by molar-refractivity contribution is 7.09. The predicted octanol–water partition coefficient (Wildman–Crippen LogP) is 1.86. The minimum absolute atomic E-state index is 0.222.